The molecule has 0 radical (unpaired) electrons. The molecule has 1 fully saturated rings. The smallest absolute Gasteiger partial charge is 0.306 e. The molecular weight excluding hydrogens is 320 g/mol. The van der Waals surface area contributed by atoms with E-state index in [1.807, 2.05) is 48.5 Å². The molecule has 0 atom stereocenters. The van der Waals surface area contributed by atoms with Gasteiger partial charge in [-0.15, -0.1) is 0 Å². The van der Waals surface area contributed by atoms with Crippen molar-refractivity contribution in [3.05, 3.63) is 60.2 Å². The van der Waals surface area contributed by atoms with Crippen LogP contribution in [0.5, 0.6) is 0 Å². The molecular formula is C19H18N2O2S. The first kappa shape index (κ1) is 15.1. The molecule has 24 heavy (non-hydrogen) atoms. The SMILES string of the molecule is O=C(CCc1ccccc1)OC1CN(c2nc3ccccc3s2)C1. The molecule has 2 heterocycles. The monoisotopic (exact) mass is 338 g/mol. The fraction of sp³-hybridized carbons (Fsp3) is 0.263. The Labute approximate surface area is 144 Å². The lowest BCUT2D eigenvalue weighted by molar-refractivity contribution is -0.150. The number of rotatable bonds is 5. The summed E-state index contributed by atoms with van der Waals surface area (Å²) in [5, 5.41) is 1.01. The van der Waals surface area contributed by atoms with E-state index in [0.29, 0.717) is 6.42 Å². The summed E-state index contributed by atoms with van der Waals surface area (Å²) in [7, 11) is 0. The Bertz CT molecular complexity index is 808. The van der Waals surface area contributed by atoms with E-state index in [0.717, 1.165) is 30.2 Å². The largest absolute Gasteiger partial charge is 0.459 e. The minimum atomic E-state index is -0.118. The molecule has 1 aliphatic rings. The van der Waals surface area contributed by atoms with Crippen LogP contribution in [0.15, 0.2) is 54.6 Å². The standard InChI is InChI=1S/C19H18N2O2S/c22-18(11-10-14-6-2-1-3-7-14)23-15-12-21(13-15)19-20-16-8-4-5-9-17(16)24-19/h1-9,15H,10-13H2. The first-order valence-electron chi connectivity index (χ1n) is 8.12. The molecule has 0 unspecified atom stereocenters. The van der Waals surface area contributed by atoms with Crippen molar-refractivity contribution in [3.8, 4) is 0 Å². The van der Waals surface area contributed by atoms with Crippen LogP contribution < -0.4 is 4.90 Å². The van der Waals surface area contributed by atoms with Crippen LogP contribution in [-0.4, -0.2) is 30.1 Å². The topological polar surface area (TPSA) is 42.4 Å². The summed E-state index contributed by atoms with van der Waals surface area (Å²) in [6.07, 6.45) is 1.15. The van der Waals surface area contributed by atoms with Gasteiger partial charge in [0.1, 0.15) is 6.10 Å². The van der Waals surface area contributed by atoms with E-state index in [1.54, 1.807) is 11.3 Å². The van der Waals surface area contributed by atoms with Crippen molar-refractivity contribution >= 4 is 32.7 Å². The molecule has 0 N–H and O–H groups in total. The number of aromatic nitrogens is 1. The number of carbonyl (C=O) groups excluding carboxylic acids is 1. The van der Waals surface area contributed by atoms with Gasteiger partial charge in [0.15, 0.2) is 5.13 Å². The second kappa shape index (κ2) is 6.61. The molecule has 4 nitrogen and oxygen atoms in total. The molecule has 3 aromatic rings. The van der Waals surface area contributed by atoms with E-state index in [1.165, 1.54) is 10.3 Å². The number of nitrogens with zero attached hydrogens (tertiary/aromatic N) is 2. The maximum absolute atomic E-state index is 11.9. The Morgan fingerprint density at radius 2 is 1.88 bits per heavy atom. The normalized spacial score (nSPS) is 14.6. The van der Waals surface area contributed by atoms with Gasteiger partial charge in [-0.3, -0.25) is 4.79 Å². The van der Waals surface area contributed by atoms with E-state index in [2.05, 4.69) is 16.0 Å². The number of fused-ring (bicyclic) bond motifs is 1. The number of carbonyl (C=O) groups is 1. The fourth-order valence-electron chi connectivity index (χ4n) is 2.80. The van der Waals surface area contributed by atoms with E-state index in [-0.39, 0.29) is 12.1 Å². The lowest BCUT2D eigenvalue weighted by Crippen LogP contribution is -2.53. The third-order valence-electron chi connectivity index (χ3n) is 4.16. The summed E-state index contributed by atoms with van der Waals surface area (Å²) in [6.45, 7) is 1.47. The van der Waals surface area contributed by atoms with E-state index in [4.69, 9.17) is 4.74 Å². The van der Waals surface area contributed by atoms with Crippen LogP contribution >= 0.6 is 11.3 Å². The molecule has 122 valence electrons. The van der Waals surface area contributed by atoms with Crippen LogP contribution in [0.25, 0.3) is 10.2 Å². The third-order valence-corrected chi connectivity index (χ3v) is 5.26. The summed E-state index contributed by atoms with van der Waals surface area (Å²) >= 11 is 1.68. The number of anilines is 1. The minimum Gasteiger partial charge on any atom is -0.459 e. The number of ether oxygens (including phenoxy) is 1. The number of aryl methyl sites for hydroxylation is 1. The van der Waals surface area contributed by atoms with Gasteiger partial charge in [0.2, 0.25) is 0 Å². The number of para-hydroxylation sites is 1. The second-order valence-corrected chi connectivity index (χ2v) is 6.98. The third kappa shape index (κ3) is 3.26. The molecule has 0 bridgehead atoms. The van der Waals surface area contributed by atoms with Crippen molar-refractivity contribution in [1.29, 1.82) is 0 Å². The van der Waals surface area contributed by atoms with Gasteiger partial charge in [-0.1, -0.05) is 53.8 Å². The van der Waals surface area contributed by atoms with E-state index < -0.39 is 0 Å². The van der Waals surface area contributed by atoms with Crippen LogP contribution in [0.3, 0.4) is 0 Å². The first-order chi connectivity index (χ1) is 11.8. The molecule has 0 aliphatic carbocycles. The molecule has 4 rings (SSSR count). The van der Waals surface area contributed by atoms with Gasteiger partial charge >= 0.3 is 5.97 Å². The van der Waals surface area contributed by atoms with Crippen LogP contribution in [-0.2, 0) is 16.0 Å². The number of hydrogen-bond donors (Lipinski definition) is 0. The average molecular weight is 338 g/mol. The van der Waals surface area contributed by atoms with Crippen molar-refractivity contribution in [1.82, 2.24) is 4.98 Å². The predicted molar refractivity (Wildman–Crippen MR) is 96.5 cm³/mol. The minimum absolute atomic E-state index is 0.0136. The van der Waals surface area contributed by atoms with Gasteiger partial charge in [0.25, 0.3) is 0 Å². The van der Waals surface area contributed by atoms with E-state index in [9.17, 15) is 4.79 Å². The maximum Gasteiger partial charge on any atom is 0.306 e. The van der Waals surface area contributed by atoms with Crippen molar-refractivity contribution in [2.45, 2.75) is 18.9 Å². The summed E-state index contributed by atoms with van der Waals surface area (Å²) in [6, 6.07) is 18.2. The molecule has 0 amide bonds. The summed E-state index contributed by atoms with van der Waals surface area (Å²) in [5.41, 5.74) is 2.19. The Morgan fingerprint density at radius 3 is 2.67 bits per heavy atom. The van der Waals surface area contributed by atoms with Gasteiger partial charge in [-0.25, -0.2) is 4.98 Å². The highest BCUT2D eigenvalue weighted by Gasteiger charge is 2.31. The van der Waals surface area contributed by atoms with Crippen molar-refractivity contribution in [3.63, 3.8) is 0 Å². The maximum atomic E-state index is 11.9. The van der Waals surface area contributed by atoms with Gasteiger partial charge < -0.3 is 9.64 Å². The molecule has 0 spiro atoms. The number of thiazole rings is 1. The zero-order chi connectivity index (χ0) is 16.4. The fourth-order valence-corrected chi connectivity index (χ4v) is 3.78. The Balaban J connectivity index is 1.26. The molecule has 5 heteroatoms. The highest BCUT2D eigenvalue weighted by Crippen LogP contribution is 2.31. The predicted octanol–water partition coefficient (Wildman–Crippen LogP) is 3.66. The number of esters is 1. The summed E-state index contributed by atoms with van der Waals surface area (Å²) < 4.78 is 6.72. The molecule has 1 aromatic heterocycles. The van der Waals surface area contributed by atoms with Crippen LogP contribution in [0, 0.1) is 0 Å². The van der Waals surface area contributed by atoms with Gasteiger partial charge in [0, 0.05) is 6.42 Å². The molecule has 2 aromatic carbocycles. The van der Waals surface area contributed by atoms with Crippen LogP contribution in [0.1, 0.15) is 12.0 Å². The Hall–Kier alpha value is -2.40. The zero-order valence-electron chi connectivity index (χ0n) is 13.2. The van der Waals surface area contributed by atoms with Crippen LogP contribution in [0.2, 0.25) is 0 Å². The first-order valence-corrected chi connectivity index (χ1v) is 8.93. The number of hydrogen-bond acceptors (Lipinski definition) is 5. The Morgan fingerprint density at radius 1 is 1.12 bits per heavy atom. The van der Waals surface area contributed by atoms with Crippen molar-refractivity contribution in [2.24, 2.45) is 0 Å². The van der Waals surface area contributed by atoms with E-state index >= 15 is 0 Å². The number of benzene rings is 2. The highest BCUT2D eigenvalue weighted by atomic mass is 32.1. The van der Waals surface area contributed by atoms with Gasteiger partial charge in [0.05, 0.1) is 23.3 Å². The van der Waals surface area contributed by atoms with Gasteiger partial charge in [-0.2, -0.15) is 0 Å². The molecule has 1 saturated heterocycles. The van der Waals surface area contributed by atoms with Crippen LogP contribution in [0.4, 0.5) is 5.13 Å². The quantitative estimate of drug-likeness (QED) is 0.666. The molecule has 0 saturated carbocycles. The Kier molecular flexibility index (Phi) is 4.17. The summed E-state index contributed by atoms with van der Waals surface area (Å²) in [5.74, 6) is -0.118. The lowest BCUT2D eigenvalue weighted by atomic mass is 10.1. The molecule has 1 aliphatic heterocycles. The zero-order valence-corrected chi connectivity index (χ0v) is 14.0. The van der Waals surface area contributed by atoms with Gasteiger partial charge in [-0.05, 0) is 24.1 Å². The highest BCUT2D eigenvalue weighted by molar-refractivity contribution is 7.22. The second-order valence-electron chi connectivity index (χ2n) is 5.97. The van der Waals surface area contributed by atoms with Crippen molar-refractivity contribution in [2.75, 3.05) is 18.0 Å². The summed E-state index contributed by atoms with van der Waals surface area (Å²) in [4.78, 5) is 18.7. The lowest BCUT2D eigenvalue weighted by Gasteiger charge is -2.38. The average Bonchev–Trinajstić information content (AvgIpc) is 3.00. The van der Waals surface area contributed by atoms with Crippen molar-refractivity contribution < 1.29 is 9.53 Å².